The maximum absolute atomic E-state index is 10.7. The van der Waals surface area contributed by atoms with Crippen LogP contribution in [-0.2, 0) is 0 Å². The highest BCUT2D eigenvalue weighted by Gasteiger charge is 2.24. The number of nitro groups is 1. The van der Waals surface area contributed by atoms with Crippen LogP contribution in [-0.4, -0.2) is 23.2 Å². The quantitative estimate of drug-likeness (QED) is 0.633. The van der Waals surface area contributed by atoms with E-state index in [9.17, 15) is 15.2 Å². The number of nitrogens with zero attached hydrogens (tertiary/aromatic N) is 1. The molecule has 0 bridgehead atoms. The minimum atomic E-state index is -0.405. The number of hydrogen-bond acceptors (Lipinski definition) is 4. The van der Waals surface area contributed by atoms with Crippen molar-refractivity contribution in [2.24, 2.45) is 11.8 Å². The molecule has 0 radical (unpaired) electrons. The van der Waals surface area contributed by atoms with Crippen LogP contribution in [0.1, 0.15) is 25.7 Å². The average Bonchev–Trinajstić information content (AvgIpc) is 2.46. The first-order valence-corrected chi connectivity index (χ1v) is 7.69. The monoisotopic (exact) mass is 342 g/mol. The first-order valence-electron chi connectivity index (χ1n) is 6.90. The minimum absolute atomic E-state index is 0.0772. The predicted molar refractivity (Wildman–Crippen MR) is 81.8 cm³/mol. The molecule has 0 spiro atoms. The Hall–Kier alpha value is -1.14. The van der Waals surface area contributed by atoms with Crippen molar-refractivity contribution >= 4 is 27.3 Å². The van der Waals surface area contributed by atoms with Crippen LogP contribution in [0.15, 0.2) is 22.7 Å². The molecule has 1 saturated carbocycles. The maximum atomic E-state index is 10.7. The van der Waals surface area contributed by atoms with Crippen LogP contribution in [0.2, 0.25) is 0 Å². The standard InChI is InChI=1S/C14H19BrN2O3/c15-13-7-12(17(19)20)5-6-14(13)16-8-10-3-1-2-4-11(10)9-18/h5-7,10-11,16,18H,1-4,8-9H2. The number of halogens is 1. The average molecular weight is 343 g/mol. The summed E-state index contributed by atoms with van der Waals surface area (Å²) >= 11 is 3.36. The van der Waals surface area contributed by atoms with Crippen LogP contribution < -0.4 is 5.32 Å². The van der Waals surface area contributed by atoms with Gasteiger partial charge in [0.05, 0.1) is 4.92 Å². The van der Waals surface area contributed by atoms with Gasteiger partial charge < -0.3 is 10.4 Å². The van der Waals surface area contributed by atoms with Gasteiger partial charge in [-0.05, 0) is 46.7 Å². The summed E-state index contributed by atoms with van der Waals surface area (Å²) in [5.74, 6) is 0.837. The van der Waals surface area contributed by atoms with Gasteiger partial charge in [-0.3, -0.25) is 10.1 Å². The number of aliphatic hydroxyl groups excluding tert-OH is 1. The zero-order chi connectivity index (χ0) is 14.5. The Morgan fingerprint density at radius 1 is 1.35 bits per heavy atom. The second-order valence-corrected chi connectivity index (χ2v) is 6.14. The summed E-state index contributed by atoms with van der Waals surface area (Å²) < 4.78 is 0.697. The lowest BCUT2D eigenvalue weighted by atomic mass is 9.79. The smallest absolute Gasteiger partial charge is 0.270 e. The van der Waals surface area contributed by atoms with Gasteiger partial charge in [0.1, 0.15) is 0 Å². The van der Waals surface area contributed by atoms with Gasteiger partial charge in [0.15, 0.2) is 0 Å². The topological polar surface area (TPSA) is 75.4 Å². The second-order valence-electron chi connectivity index (χ2n) is 5.29. The van der Waals surface area contributed by atoms with E-state index in [1.165, 1.54) is 25.0 Å². The van der Waals surface area contributed by atoms with Crippen molar-refractivity contribution in [1.29, 1.82) is 0 Å². The Labute approximate surface area is 126 Å². The lowest BCUT2D eigenvalue weighted by molar-refractivity contribution is -0.384. The van der Waals surface area contributed by atoms with Gasteiger partial charge >= 0.3 is 0 Å². The van der Waals surface area contributed by atoms with Crippen LogP contribution in [0.3, 0.4) is 0 Å². The molecular weight excluding hydrogens is 324 g/mol. The third-order valence-corrected chi connectivity index (χ3v) is 4.68. The molecule has 2 rings (SSSR count). The van der Waals surface area contributed by atoms with E-state index in [4.69, 9.17) is 0 Å². The highest BCUT2D eigenvalue weighted by atomic mass is 79.9. The zero-order valence-corrected chi connectivity index (χ0v) is 12.8. The Bertz CT molecular complexity index is 481. The minimum Gasteiger partial charge on any atom is -0.396 e. The fourth-order valence-corrected chi connectivity index (χ4v) is 3.30. The fraction of sp³-hybridized carbons (Fsp3) is 0.571. The molecule has 1 aromatic carbocycles. The number of non-ortho nitro benzene ring substituents is 1. The Morgan fingerprint density at radius 2 is 2.05 bits per heavy atom. The summed E-state index contributed by atoms with van der Waals surface area (Å²) in [5, 5.41) is 23.4. The number of anilines is 1. The first kappa shape index (κ1) is 15.3. The SMILES string of the molecule is O=[N+]([O-])c1ccc(NCC2CCCCC2CO)c(Br)c1. The van der Waals surface area contributed by atoms with Crippen LogP contribution in [0.25, 0.3) is 0 Å². The molecule has 6 heteroatoms. The highest BCUT2D eigenvalue weighted by molar-refractivity contribution is 9.10. The summed E-state index contributed by atoms with van der Waals surface area (Å²) in [6.45, 7) is 1.04. The molecule has 110 valence electrons. The van der Waals surface area contributed by atoms with Gasteiger partial charge in [0.25, 0.3) is 5.69 Å². The molecule has 0 amide bonds. The summed E-state index contributed by atoms with van der Waals surface area (Å²) in [6, 6.07) is 4.73. The Morgan fingerprint density at radius 3 is 2.65 bits per heavy atom. The molecule has 0 aliphatic heterocycles. The third-order valence-electron chi connectivity index (χ3n) is 4.02. The molecule has 1 aromatic rings. The molecule has 1 aliphatic rings. The number of rotatable bonds is 5. The van der Waals surface area contributed by atoms with E-state index < -0.39 is 4.92 Å². The van der Waals surface area contributed by atoms with Gasteiger partial charge in [-0.1, -0.05) is 12.8 Å². The molecule has 0 heterocycles. The second kappa shape index (κ2) is 7.04. The number of hydrogen-bond donors (Lipinski definition) is 2. The Balaban J connectivity index is 1.98. The van der Waals surface area contributed by atoms with E-state index in [1.807, 2.05) is 0 Å². The summed E-state index contributed by atoms with van der Waals surface area (Å²) in [7, 11) is 0. The molecule has 2 N–H and O–H groups in total. The van der Waals surface area contributed by atoms with Crippen molar-refractivity contribution in [3.05, 3.63) is 32.8 Å². The van der Waals surface area contributed by atoms with Crippen molar-refractivity contribution in [2.75, 3.05) is 18.5 Å². The van der Waals surface area contributed by atoms with E-state index >= 15 is 0 Å². The van der Waals surface area contributed by atoms with Crippen molar-refractivity contribution in [3.63, 3.8) is 0 Å². The van der Waals surface area contributed by atoms with Crippen LogP contribution in [0.4, 0.5) is 11.4 Å². The van der Waals surface area contributed by atoms with E-state index in [0.717, 1.165) is 25.1 Å². The lowest BCUT2D eigenvalue weighted by Gasteiger charge is -2.30. The van der Waals surface area contributed by atoms with E-state index in [0.29, 0.717) is 16.3 Å². The van der Waals surface area contributed by atoms with Crippen molar-refractivity contribution in [2.45, 2.75) is 25.7 Å². The van der Waals surface area contributed by atoms with Gasteiger partial charge in [-0.2, -0.15) is 0 Å². The molecule has 0 saturated heterocycles. The lowest BCUT2D eigenvalue weighted by Crippen LogP contribution is -2.28. The number of aliphatic hydroxyl groups is 1. The first-order chi connectivity index (χ1) is 9.61. The summed E-state index contributed by atoms with van der Waals surface area (Å²) in [4.78, 5) is 10.3. The van der Waals surface area contributed by atoms with Gasteiger partial charge in [-0.25, -0.2) is 0 Å². The molecule has 1 aliphatic carbocycles. The number of nitro benzene ring substituents is 1. The van der Waals surface area contributed by atoms with Crippen molar-refractivity contribution < 1.29 is 10.0 Å². The molecule has 0 aromatic heterocycles. The summed E-state index contributed by atoms with van der Waals surface area (Å²) in [5.41, 5.74) is 0.936. The van der Waals surface area contributed by atoms with Crippen molar-refractivity contribution in [3.8, 4) is 0 Å². The van der Waals surface area contributed by atoms with Crippen molar-refractivity contribution in [1.82, 2.24) is 0 Å². The number of nitrogens with one attached hydrogen (secondary N) is 1. The van der Waals surface area contributed by atoms with Gasteiger partial charge in [0.2, 0.25) is 0 Å². The zero-order valence-electron chi connectivity index (χ0n) is 11.2. The summed E-state index contributed by atoms with van der Waals surface area (Å²) in [6.07, 6.45) is 4.63. The molecule has 2 unspecified atom stereocenters. The van der Waals surface area contributed by atoms with Crippen LogP contribution in [0.5, 0.6) is 0 Å². The Kier molecular flexibility index (Phi) is 5.37. The molecular formula is C14H19BrN2O3. The van der Waals surface area contributed by atoms with Gasteiger partial charge in [0, 0.05) is 35.4 Å². The fourth-order valence-electron chi connectivity index (χ4n) is 2.80. The van der Waals surface area contributed by atoms with E-state index in [2.05, 4.69) is 21.2 Å². The van der Waals surface area contributed by atoms with E-state index in [-0.39, 0.29) is 12.3 Å². The number of benzene rings is 1. The predicted octanol–water partition coefficient (Wildman–Crippen LogP) is 3.57. The van der Waals surface area contributed by atoms with Crippen LogP contribution >= 0.6 is 15.9 Å². The largest absolute Gasteiger partial charge is 0.396 e. The van der Waals surface area contributed by atoms with Gasteiger partial charge in [-0.15, -0.1) is 0 Å². The molecule has 1 fully saturated rings. The molecule has 5 nitrogen and oxygen atoms in total. The van der Waals surface area contributed by atoms with Crippen LogP contribution in [0, 0.1) is 22.0 Å². The third kappa shape index (κ3) is 3.70. The normalized spacial score (nSPS) is 22.5. The van der Waals surface area contributed by atoms with E-state index in [1.54, 1.807) is 6.07 Å². The molecule has 2 atom stereocenters. The molecule has 20 heavy (non-hydrogen) atoms. The highest BCUT2D eigenvalue weighted by Crippen LogP contribution is 2.32. The maximum Gasteiger partial charge on any atom is 0.270 e.